The largest absolute Gasteiger partial charge is 0.460 e. The quantitative estimate of drug-likeness (QED) is 0.238. The highest BCUT2D eigenvalue weighted by Crippen LogP contribution is 2.39. The van der Waals surface area contributed by atoms with Gasteiger partial charge in [-0.25, -0.2) is 9.37 Å². The zero-order valence-corrected chi connectivity index (χ0v) is 19.0. The van der Waals surface area contributed by atoms with E-state index in [0.29, 0.717) is 34.4 Å². The maximum Gasteiger partial charge on any atom is 0.313 e. The Hall–Kier alpha value is -2.54. The second-order valence-corrected chi connectivity index (χ2v) is 9.16. The molecule has 4 heterocycles. The van der Waals surface area contributed by atoms with Crippen molar-refractivity contribution in [2.24, 2.45) is 0 Å². The van der Waals surface area contributed by atoms with Crippen LogP contribution in [0.5, 0.6) is 0 Å². The molecule has 3 aromatic rings. The second kappa shape index (κ2) is 7.55. The predicted molar refractivity (Wildman–Crippen MR) is 120 cm³/mol. The number of pyridine rings is 2. The van der Waals surface area contributed by atoms with Crippen molar-refractivity contribution >= 4 is 32.8 Å². The number of nitrogens with zero attached hydrogens (tertiary/aromatic N) is 2. The normalized spacial score (nSPS) is 16.8. The fourth-order valence-corrected chi connectivity index (χ4v) is 5.11. The highest BCUT2D eigenvalue weighted by Gasteiger charge is 2.33. The average molecular weight is 485 g/mol. The van der Waals surface area contributed by atoms with Crippen molar-refractivity contribution in [2.75, 3.05) is 5.33 Å². The summed E-state index contributed by atoms with van der Waals surface area (Å²) in [4.78, 5) is 30.1. The van der Waals surface area contributed by atoms with Crippen LogP contribution >= 0.6 is 15.9 Å². The number of unbranched alkanes of at least 4 members (excludes halogenated alkanes) is 1. The Labute approximate surface area is 187 Å². The van der Waals surface area contributed by atoms with Gasteiger partial charge >= 0.3 is 5.97 Å². The number of hydrogen-bond acceptors (Lipinski definition) is 4. The lowest BCUT2D eigenvalue weighted by Crippen LogP contribution is -2.31. The van der Waals surface area contributed by atoms with E-state index in [1.807, 2.05) is 12.1 Å². The number of hydrogen-bond donors (Lipinski definition) is 0. The average Bonchev–Trinajstić information content (AvgIpc) is 3.11. The molecule has 1 unspecified atom stereocenters. The number of ether oxygens (including phenoxy) is 1. The number of fused-ring (bicyclic) bond motifs is 5. The maximum absolute atomic E-state index is 14.4. The van der Waals surface area contributed by atoms with Gasteiger partial charge in [-0.2, -0.15) is 0 Å². The summed E-state index contributed by atoms with van der Waals surface area (Å²) < 4.78 is 21.3. The number of esters is 1. The molecule has 1 aromatic carbocycles. The van der Waals surface area contributed by atoms with E-state index in [1.54, 1.807) is 18.4 Å². The summed E-state index contributed by atoms with van der Waals surface area (Å²) in [6.07, 6.45) is 2.84. The number of carbonyl (C=O) groups excluding carboxylic acids is 1. The number of alkyl halides is 1. The summed E-state index contributed by atoms with van der Waals surface area (Å²) in [6.45, 7) is 3.95. The first-order valence-electron chi connectivity index (χ1n) is 10.5. The van der Waals surface area contributed by atoms with Gasteiger partial charge in [0.1, 0.15) is 12.4 Å². The van der Waals surface area contributed by atoms with Gasteiger partial charge in [-0.15, -0.1) is 0 Å². The molecule has 2 aliphatic rings. The Morgan fingerprint density at radius 3 is 2.81 bits per heavy atom. The van der Waals surface area contributed by atoms with Gasteiger partial charge in [0.25, 0.3) is 5.56 Å². The molecular formula is C24H22BrFN2O3. The molecule has 0 saturated carbocycles. The number of rotatable bonds is 4. The first-order chi connectivity index (χ1) is 14.9. The van der Waals surface area contributed by atoms with Crippen molar-refractivity contribution in [3.05, 3.63) is 62.2 Å². The number of carbonyl (C=O) groups is 1. The molecule has 31 heavy (non-hydrogen) atoms. The third-order valence-electron chi connectivity index (χ3n) is 6.47. The standard InChI is InChI=1S/C24H22BrFN2O3/c1-12-7-16-14(5-3-4-6-25)17-10-28-21(22(17)27-20(16)9-19(12)26)8-15-13(2)24(30)31-11-18(15)23(28)29/h7-9,13H,3-6,10-11H2,1-2H3. The Kier molecular flexibility index (Phi) is 4.96. The van der Waals surface area contributed by atoms with E-state index in [-0.39, 0.29) is 24.0 Å². The molecule has 0 radical (unpaired) electrons. The molecule has 0 aliphatic carbocycles. The summed E-state index contributed by atoms with van der Waals surface area (Å²) in [5.41, 5.74) is 5.86. The molecule has 0 fully saturated rings. The Bertz CT molecular complexity index is 1310. The summed E-state index contributed by atoms with van der Waals surface area (Å²) in [5, 5.41) is 1.87. The second-order valence-electron chi connectivity index (χ2n) is 8.37. The van der Waals surface area contributed by atoms with E-state index in [0.717, 1.165) is 46.8 Å². The summed E-state index contributed by atoms with van der Waals surface area (Å²) in [7, 11) is 0. The van der Waals surface area contributed by atoms with Crippen LogP contribution in [-0.4, -0.2) is 20.9 Å². The zero-order chi connectivity index (χ0) is 21.9. The molecular weight excluding hydrogens is 463 g/mol. The van der Waals surface area contributed by atoms with Gasteiger partial charge < -0.3 is 9.30 Å². The number of cyclic esters (lactones) is 1. The van der Waals surface area contributed by atoms with Gasteiger partial charge in [-0.3, -0.25) is 9.59 Å². The topological polar surface area (TPSA) is 61.2 Å². The van der Waals surface area contributed by atoms with Gasteiger partial charge in [-0.05, 0) is 61.9 Å². The van der Waals surface area contributed by atoms with Crippen LogP contribution in [0.15, 0.2) is 23.0 Å². The molecule has 2 aromatic heterocycles. The third kappa shape index (κ3) is 3.13. The third-order valence-corrected chi connectivity index (χ3v) is 7.03. The van der Waals surface area contributed by atoms with Crippen molar-refractivity contribution in [3.63, 3.8) is 0 Å². The predicted octanol–water partition coefficient (Wildman–Crippen LogP) is 4.75. The molecule has 1 atom stereocenters. The van der Waals surface area contributed by atoms with Crippen LogP contribution in [0, 0.1) is 12.7 Å². The fraction of sp³-hybridized carbons (Fsp3) is 0.375. The van der Waals surface area contributed by atoms with Gasteiger partial charge in [0.2, 0.25) is 0 Å². The highest BCUT2D eigenvalue weighted by molar-refractivity contribution is 9.09. The smallest absolute Gasteiger partial charge is 0.313 e. The molecule has 0 N–H and O–H groups in total. The van der Waals surface area contributed by atoms with Crippen LogP contribution in [0.2, 0.25) is 0 Å². The van der Waals surface area contributed by atoms with Crippen molar-refractivity contribution in [1.82, 2.24) is 9.55 Å². The van der Waals surface area contributed by atoms with Crippen molar-refractivity contribution < 1.29 is 13.9 Å². The van der Waals surface area contributed by atoms with E-state index in [1.165, 1.54) is 6.07 Å². The summed E-state index contributed by atoms with van der Waals surface area (Å²) >= 11 is 3.49. The maximum atomic E-state index is 14.4. The first-order valence-corrected chi connectivity index (χ1v) is 11.6. The minimum absolute atomic E-state index is 0.00584. The van der Waals surface area contributed by atoms with Gasteiger partial charge in [0.15, 0.2) is 0 Å². The lowest BCUT2D eigenvalue weighted by molar-refractivity contribution is -0.147. The van der Waals surface area contributed by atoms with Gasteiger partial charge in [0.05, 0.1) is 34.9 Å². The fourth-order valence-electron chi connectivity index (χ4n) is 4.71. The highest BCUT2D eigenvalue weighted by atomic mass is 79.9. The van der Waals surface area contributed by atoms with E-state index in [4.69, 9.17) is 9.72 Å². The Morgan fingerprint density at radius 1 is 1.23 bits per heavy atom. The molecule has 2 aliphatic heterocycles. The molecule has 0 saturated heterocycles. The van der Waals surface area contributed by atoms with Crippen molar-refractivity contribution in [1.29, 1.82) is 0 Å². The minimum atomic E-state index is -0.495. The molecule has 7 heteroatoms. The molecule has 5 nitrogen and oxygen atoms in total. The lowest BCUT2D eigenvalue weighted by atomic mass is 9.93. The van der Waals surface area contributed by atoms with Crippen LogP contribution in [0.25, 0.3) is 22.3 Å². The molecule has 160 valence electrons. The van der Waals surface area contributed by atoms with Crippen LogP contribution in [0.1, 0.15) is 53.5 Å². The summed E-state index contributed by atoms with van der Waals surface area (Å²) in [5.74, 6) is -1.11. The Balaban J connectivity index is 1.76. The molecule has 5 rings (SSSR count). The first kappa shape index (κ1) is 20.4. The monoisotopic (exact) mass is 484 g/mol. The number of aryl methyl sites for hydroxylation is 2. The number of aromatic nitrogens is 2. The van der Waals surface area contributed by atoms with Crippen LogP contribution in [0.4, 0.5) is 4.39 Å². The molecule has 0 spiro atoms. The van der Waals surface area contributed by atoms with Crippen LogP contribution in [-0.2, 0) is 29.1 Å². The molecule has 0 amide bonds. The van der Waals surface area contributed by atoms with Gasteiger partial charge in [0, 0.05) is 22.3 Å². The van der Waals surface area contributed by atoms with E-state index in [2.05, 4.69) is 15.9 Å². The SMILES string of the molecule is Cc1cc2c(CCCCBr)c3c(nc2cc1F)-c1cc2c(c(=O)n1C3)COC(=O)C2C. The minimum Gasteiger partial charge on any atom is -0.460 e. The Morgan fingerprint density at radius 2 is 2.03 bits per heavy atom. The van der Waals surface area contributed by atoms with Crippen LogP contribution in [0.3, 0.4) is 0 Å². The van der Waals surface area contributed by atoms with Crippen molar-refractivity contribution in [2.45, 2.75) is 52.2 Å². The number of benzene rings is 1. The lowest BCUT2D eigenvalue weighted by Gasteiger charge is -2.22. The summed E-state index contributed by atoms with van der Waals surface area (Å²) in [6, 6.07) is 5.25. The van der Waals surface area contributed by atoms with Crippen LogP contribution < -0.4 is 5.56 Å². The van der Waals surface area contributed by atoms with Crippen molar-refractivity contribution in [3.8, 4) is 11.4 Å². The zero-order valence-electron chi connectivity index (χ0n) is 17.4. The number of halogens is 2. The van der Waals surface area contributed by atoms with E-state index >= 15 is 0 Å². The van der Waals surface area contributed by atoms with E-state index < -0.39 is 5.92 Å². The van der Waals surface area contributed by atoms with E-state index in [9.17, 15) is 14.0 Å². The molecule has 0 bridgehead atoms. The van der Waals surface area contributed by atoms with Gasteiger partial charge in [-0.1, -0.05) is 15.9 Å².